The van der Waals surface area contributed by atoms with E-state index in [9.17, 15) is 14.4 Å². The minimum atomic E-state index is -0.892. The molecule has 0 spiro atoms. The average molecular weight is 396 g/mol. The van der Waals surface area contributed by atoms with Crippen molar-refractivity contribution in [2.45, 2.75) is 26.0 Å². The van der Waals surface area contributed by atoms with E-state index < -0.39 is 12.0 Å². The Labute approximate surface area is 169 Å². The van der Waals surface area contributed by atoms with E-state index in [2.05, 4.69) is 5.32 Å². The highest BCUT2D eigenvalue weighted by atomic mass is 16.5. The van der Waals surface area contributed by atoms with E-state index in [0.29, 0.717) is 30.9 Å². The van der Waals surface area contributed by atoms with Gasteiger partial charge in [-0.25, -0.2) is 4.79 Å². The molecule has 7 nitrogen and oxygen atoms in total. The van der Waals surface area contributed by atoms with Crippen LogP contribution in [0.15, 0.2) is 48.5 Å². The zero-order chi connectivity index (χ0) is 20.8. The van der Waals surface area contributed by atoms with E-state index in [4.69, 9.17) is 9.47 Å². The maximum absolute atomic E-state index is 12.9. The Balaban J connectivity index is 1.68. The molecule has 0 bridgehead atoms. The first kappa shape index (κ1) is 20.4. The van der Waals surface area contributed by atoms with Gasteiger partial charge in [-0.2, -0.15) is 0 Å². The summed E-state index contributed by atoms with van der Waals surface area (Å²) in [6, 6.07) is 14.4. The highest BCUT2D eigenvalue weighted by Crippen LogP contribution is 2.24. The fraction of sp³-hybridized carbons (Fsp3) is 0.318. The summed E-state index contributed by atoms with van der Waals surface area (Å²) < 4.78 is 10.6. The highest BCUT2D eigenvalue weighted by Gasteiger charge is 2.30. The van der Waals surface area contributed by atoms with Crippen LogP contribution in [0, 0.1) is 0 Å². The first-order valence-electron chi connectivity index (χ1n) is 9.42. The fourth-order valence-corrected chi connectivity index (χ4v) is 3.30. The smallest absolute Gasteiger partial charge is 0.330 e. The number of carbonyl (C=O) groups excluding carboxylic acids is 3. The summed E-state index contributed by atoms with van der Waals surface area (Å²) in [6.07, 6.45) is 0.636. The number of carbonyl (C=O) groups is 3. The van der Waals surface area contributed by atoms with Gasteiger partial charge in [-0.05, 0) is 35.7 Å². The Hall–Kier alpha value is -3.35. The minimum Gasteiger partial charge on any atom is -0.489 e. The van der Waals surface area contributed by atoms with Gasteiger partial charge in [0.05, 0.1) is 13.7 Å². The van der Waals surface area contributed by atoms with Gasteiger partial charge in [0.2, 0.25) is 5.91 Å². The van der Waals surface area contributed by atoms with Crippen molar-refractivity contribution in [3.63, 3.8) is 0 Å². The third kappa shape index (κ3) is 5.13. The van der Waals surface area contributed by atoms with Crippen LogP contribution in [0.1, 0.15) is 28.4 Å². The fourth-order valence-electron chi connectivity index (χ4n) is 3.30. The topological polar surface area (TPSA) is 84.9 Å². The molecule has 2 amide bonds. The molecule has 0 saturated heterocycles. The van der Waals surface area contributed by atoms with Crippen LogP contribution in [-0.2, 0) is 27.4 Å². The van der Waals surface area contributed by atoms with Crippen LogP contribution in [0.25, 0.3) is 0 Å². The molecule has 2 aromatic rings. The molecular weight excluding hydrogens is 372 g/mol. The molecule has 0 saturated carbocycles. The first-order valence-corrected chi connectivity index (χ1v) is 9.42. The predicted octanol–water partition coefficient (Wildman–Crippen LogP) is 1.94. The normalized spacial score (nSPS) is 14.0. The second kappa shape index (κ2) is 9.23. The van der Waals surface area contributed by atoms with Crippen molar-refractivity contribution in [2.75, 3.05) is 20.2 Å². The second-order valence-electron chi connectivity index (χ2n) is 6.87. The van der Waals surface area contributed by atoms with Crippen molar-refractivity contribution in [3.05, 3.63) is 65.2 Å². The van der Waals surface area contributed by atoms with Gasteiger partial charge in [0.1, 0.15) is 18.4 Å². The summed E-state index contributed by atoms with van der Waals surface area (Å²) in [5.74, 6) is -0.409. The lowest BCUT2D eigenvalue weighted by atomic mass is 9.98. The predicted molar refractivity (Wildman–Crippen MR) is 106 cm³/mol. The highest BCUT2D eigenvalue weighted by molar-refractivity contribution is 5.97. The van der Waals surface area contributed by atoms with Crippen molar-refractivity contribution in [2.24, 2.45) is 0 Å². The van der Waals surface area contributed by atoms with Crippen LogP contribution < -0.4 is 10.1 Å². The Morgan fingerprint density at radius 1 is 1.17 bits per heavy atom. The van der Waals surface area contributed by atoms with E-state index in [1.54, 1.807) is 17.0 Å². The molecule has 1 heterocycles. The summed E-state index contributed by atoms with van der Waals surface area (Å²) in [7, 11) is 1.25. The Morgan fingerprint density at radius 3 is 2.62 bits per heavy atom. The Morgan fingerprint density at radius 2 is 1.93 bits per heavy atom. The van der Waals surface area contributed by atoms with Gasteiger partial charge in [0.25, 0.3) is 5.91 Å². The number of esters is 1. The molecule has 2 aromatic carbocycles. The zero-order valence-corrected chi connectivity index (χ0v) is 16.5. The third-order valence-electron chi connectivity index (χ3n) is 4.76. The maximum atomic E-state index is 12.9. The Bertz CT molecular complexity index is 897. The first-order chi connectivity index (χ1) is 14.0. The molecule has 0 radical (unpaired) electrons. The van der Waals surface area contributed by atoms with E-state index >= 15 is 0 Å². The average Bonchev–Trinajstić information content (AvgIpc) is 2.73. The molecule has 1 atom stereocenters. The van der Waals surface area contributed by atoms with Gasteiger partial charge in [-0.15, -0.1) is 0 Å². The SMILES string of the molecule is COC(=O)C(CN1CCc2cc(OCc3ccccc3)ccc2C1=O)NC(C)=O. The number of benzene rings is 2. The molecule has 3 rings (SSSR count). The summed E-state index contributed by atoms with van der Waals surface area (Å²) in [6.45, 7) is 2.29. The zero-order valence-electron chi connectivity index (χ0n) is 16.5. The van der Waals surface area contributed by atoms with Crippen molar-refractivity contribution >= 4 is 17.8 Å². The van der Waals surface area contributed by atoms with Crippen LogP contribution in [0.3, 0.4) is 0 Å². The lowest BCUT2D eigenvalue weighted by molar-refractivity contribution is -0.145. The van der Waals surface area contributed by atoms with Crippen LogP contribution in [0.4, 0.5) is 0 Å². The quantitative estimate of drug-likeness (QED) is 0.723. The second-order valence-corrected chi connectivity index (χ2v) is 6.87. The number of amides is 2. The summed E-state index contributed by atoms with van der Waals surface area (Å²) >= 11 is 0. The lowest BCUT2D eigenvalue weighted by Gasteiger charge is -2.31. The van der Waals surface area contributed by atoms with E-state index in [1.165, 1.54) is 14.0 Å². The number of nitrogens with one attached hydrogen (secondary N) is 1. The maximum Gasteiger partial charge on any atom is 0.330 e. The van der Waals surface area contributed by atoms with Gasteiger partial charge in [0.15, 0.2) is 0 Å². The van der Waals surface area contributed by atoms with Gasteiger partial charge >= 0.3 is 5.97 Å². The number of hydrogen-bond donors (Lipinski definition) is 1. The number of rotatable bonds is 7. The van der Waals surface area contributed by atoms with Gasteiger partial charge in [-0.1, -0.05) is 30.3 Å². The standard InChI is InChI=1S/C22H24N2O5/c1-15(25)23-20(22(27)28-2)13-24-11-10-17-12-18(8-9-19(17)21(24)26)29-14-16-6-4-3-5-7-16/h3-9,12,20H,10-11,13-14H2,1-2H3,(H,23,25). The molecule has 0 aliphatic carbocycles. The molecule has 152 valence electrons. The Kier molecular flexibility index (Phi) is 6.49. The largest absolute Gasteiger partial charge is 0.489 e. The number of hydrogen-bond acceptors (Lipinski definition) is 5. The van der Waals surface area contributed by atoms with Gasteiger partial charge < -0.3 is 19.7 Å². The minimum absolute atomic E-state index is 0.0663. The lowest BCUT2D eigenvalue weighted by Crippen LogP contribution is -2.51. The van der Waals surface area contributed by atoms with Gasteiger partial charge in [-0.3, -0.25) is 9.59 Å². The molecule has 1 N–H and O–H groups in total. The van der Waals surface area contributed by atoms with Crippen molar-refractivity contribution in [1.29, 1.82) is 0 Å². The van der Waals surface area contributed by atoms with E-state index in [0.717, 1.165) is 11.1 Å². The van der Waals surface area contributed by atoms with Crippen molar-refractivity contribution < 1.29 is 23.9 Å². The molecule has 0 fully saturated rings. The molecular formula is C22H24N2O5. The van der Waals surface area contributed by atoms with E-state index in [-0.39, 0.29) is 18.4 Å². The molecule has 1 unspecified atom stereocenters. The summed E-state index contributed by atoms with van der Waals surface area (Å²) in [4.78, 5) is 37.7. The van der Waals surface area contributed by atoms with Crippen LogP contribution in [0.5, 0.6) is 5.75 Å². The summed E-state index contributed by atoms with van der Waals surface area (Å²) in [5, 5.41) is 2.54. The van der Waals surface area contributed by atoms with Crippen LogP contribution in [0.2, 0.25) is 0 Å². The summed E-state index contributed by atoms with van der Waals surface area (Å²) in [5.41, 5.74) is 2.56. The van der Waals surface area contributed by atoms with E-state index in [1.807, 2.05) is 36.4 Å². The van der Waals surface area contributed by atoms with Crippen molar-refractivity contribution in [3.8, 4) is 5.75 Å². The molecule has 29 heavy (non-hydrogen) atoms. The van der Waals surface area contributed by atoms with Gasteiger partial charge in [0, 0.05) is 19.0 Å². The van der Waals surface area contributed by atoms with Crippen LogP contribution >= 0.6 is 0 Å². The molecule has 1 aliphatic rings. The third-order valence-corrected chi connectivity index (χ3v) is 4.76. The van der Waals surface area contributed by atoms with Crippen LogP contribution in [-0.4, -0.2) is 48.9 Å². The number of methoxy groups -OCH3 is 1. The number of fused-ring (bicyclic) bond motifs is 1. The molecule has 7 heteroatoms. The van der Waals surface area contributed by atoms with Crippen molar-refractivity contribution in [1.82, 2.24) is 10.2 Å². The molecule has 1 aliphatic heterocycles. The molecule has 0 aromatic heterocycles. The number of ether oxygens (including phenoxy) is 2. The number of nitrogens with zero attached hydrogens (tertiary/aromatic N) is 1. The monoisotopic (exact) mass is 396 g/mol.